The van der Waals surface area contributed by atoms with Crippen molar-refractivity contribution in [3.63, 3.8) is 0 Å². The number of halogens is 2. The molecule has 1 aliphatic rings. The van der Waals surface area contributed by atoms with E-state index in [4.69, 9.17) is 16.3 Å². The molecule has 4 rings (SSSR count). The van der Waals surface area contributed by atoms with Crippen LogP contribution in [0.15, 0.2) is 33.8 Å². The van der Waals surface area contributed by atoms with Crippen molar-refractivity contribution in [3.8, 4) is 5.95 Å². The Morgan fingerprint density at radius 3 is 2.60 bits per heavy atom. The lowest BCUT2D eigenvalue weighted by Crippen LogP contribution is -2.55. The van der Waals surface area contributed by atoms with Crippen molar-refractivity contribution in [3.05, 3.63) is 44.5 Å². The molecule has 1 fully saturated rings. The molecule has 0 N–H and O–H groups in total. The smallest absolute Gasteiger partial charge is 0.410 e. The summed E-state index contributed by atoms with van der Waals surface area (Å²) in [6.07, 6.45) is 3.17. The Hall–Kier alpha value is -2.59. The summed E-state index contributed by atoms with van der Waals surface area (Å²) in [6, 6.07) is 3.65. The van der Waals surface area contributed by atoms with E-state index in [9.17, 15) is 9.59 Å². The van der Waals surface area contributed by atoms with Crippen LogP contribution in [-0.2, 0) is 4.74 Å². The van der Waals surface area contributed by atoms with E-state index in [1.54, 1.807) is 11.1 Å². The standard InChI is InChI=1S/C24H30BrClN6O3/c1-14(2)30-8-7-27-21(30)32-19-12-17(25)18(26)11-16(19)20(28-22(32)33)31-10-9-29(13-15(31)3)23(34)35-24(4,5)6/h7-8,11-12,14-15H,9-10,13H2,1-6H3. The monoisotopic (exact) mass is 564 g/mol. The van der Waals surface area contributed by atoms with E-state index < -0.39 is 11.3 Å². The van der Waals surface area contributed by atoms with Gasteiger partial charge in [-0.1, -0.05) is 11.6 Å². The van der Waals surface area contributed by atoms with Gasteiger partial charge in [-0.05, 0) is 69.6 Å². The fraction of sp³-hybridized carbons (Fsp3) is 0.500. The third-order valence-electron chi connectivity index (χ3n) is 5.87. The molecule has 11 heteroatoms. The first-order valence-electron chi connectivity index (χ1n) is 11.6. The van der Waals surface area contributed by atoms with Crippen LogP contribution in [0, 0.1) is 0 Å². The second-order valence-electron chi connectivity index (χ2n) is 10.0. The maximum atomic E-state index is 13.4. The Morgan fingerprint density at radius 1 is 1.26 bits per heavy atom. The number of carbonyl (C=O) groups is 1. The molecule has 0 bridgehead atoms. The van der Waals surface area contributed by atoms with Crippen molar-refractivity contribution >= 4 is 50.3 Å². The second-order valence-corrected chi connectivity index (χ2v) is 11.3. The minimum atomic E-state index is -0.564. The first-order chi connectivity index (χ1) is 16.4. The maximum absolute atomic E-state index is 13.4. The molecule has 1 unspecified atom stereocenters. The van der Waals surface area contributed by atoms with Crippen molar-refractivity contribution in [2.24, 2.45) is 0 Å². The zero-order valence-electron chi connectivity index (χ0n) is 20.7. The number of anilines is 1. The van der Waals surface area contributed by atoms with Crippen LogP contribution in [-0.4, -0.2) is 61.4 Å². The van der Waals surface area contributed by atoms with Gasteiger partial charge in [0.25, 0.3) is 0 Å². The predicted molar refractivity (Wildman–Crippen MR) is 141 cm³/mol. The normalized spacial score (nSPS) is 16.9. The van der Waals surface area contributed by atoms with Crippen molar-refractivity contribution < 1.29 is 9.53 Å². The van der Waals surface area contributed by atoms with Gasteiger partial charge in [0, 0.05) is 54.0 Å². The summed E-state index contributed by atoms with van der Waals surface area (Å²) in [7, 11) is 0. The molecule has 0 aliphatic carbocycles. The van der Waals surface area contributed by atoms with Crippen molar-refractivity contribution in [2.45, 2.75) is 59.2 Å². The molecule has 3 heterocycles. The molecule has 3 aromatic rings. The summed E-state index contributed by atoms with van der Waals surface area (Å²) in [5.74, 6) is 1.03. The van der Waals surface area contributed by atoms with E-state index in [0.29, 0.717) is 46.4 Å². The molecule has 35 heavy (non-hydrogen) atoms. The molecule has 1 saturated heterocycles. The van der Waals surface area contributed by atoms with Crippen LogP contribution >= 0.6 is 27.5 Å². The van der Waals surface area contributed by atoms with Gasteiger partial charge in [-0.2, -0.15) is 4.98 Å². The van der Waals surface area contributed by atoms with Crippen LogP contribution in [0.1, 0.15) is 47.6 Å². The number of imidazole rings is 1. The molecule has 1 aliphatic heterocycles. The molecule has 1 amide bonds. The van der Waals surface area contributed by atoms with Crippen molar-refractivity contribution in [1.29, 1.82) is 0 Å². The number of ether oxygens (including phenoxy) is 1. The first kappa shape index (κ1) is 25.5. The van der Waals surface area contributed by atoms with Crippen LogP contribution in [0.3, 0.4) is 0 Å². The van der Waals surface area contributed by atoms with Crippen LogP contribution in [0.2, 0.25) is 5.02 Å². The molecular formula is C24H30BrClN6O3. The minimum absolute atomic E-state index is 0.0951. The summed E-state index contributed by atoms with van der Waals surface area (Å²) in [6.45, 7) is 13.0. The summed E-state index contributed by atoms with van der Waals surface area (Å²) in [5.41, 5.74) is -0.353. The lowest BCUT2D eigenvalue weighted by molar-refractivity contribution is 0.0218. The highest BCUT2D eigenvalue weighted by Gasteiger charge is 2.32. The summed E-state index contributed by atoms with van der Waals surface area (Å²) in [4.78, 5) is 38.7. The molecule has 0 radical (unpaired) electrons. The molecular weight excluding hydrogens is 536 g/mol. The van der Waals surface area contributed by atoms with Gasteiger partial charge in [-0.25, -0.2) is 19.1 Å². The Kier molecular flexibility index (Phi) is 6.89. The number of carbonyl (C=O) groups excluding carboxylic acids is 1. The number of rotatable bonds is 3. The highest BCUT2D eigenvalue weighted by atomic mass is 79.9. The van der Waals surface area contributed by atoms with Gasteiger partial charge in [0.1, 0.15) is 11.4 Å². The van der Waals surface area contributed by atoms with Gasteiger partial charge in [0.05, 0.1) is 10.5 Å². The Morgan fingerprint density at radius 2 is 1.97 bits per heavy atom. The SMILES string of the molecule is CC1CN(C(=O)OC(C)(C)C)CCN1c1nc(=O)n(-c2nccn2C(C)C)c2cc(Br)c(Cl)cc12. The number of amides is 1. The number of fused-ring (bicyclic) bond motifs is 1. The van der Waals surface area contributed by atoms with Gasteiger partial charge in [-0.15, -0.1) is 0 Å². The van der Waals surface area contributed by atoms with E-state index in [1.807, 2.05) is 69.3 Å². The highest BCUT2D eigenvalue weighted by molar-refractivity contribution is 9.10. The molecule has 0 spiro atoms. The zero-order chi connectivity index (χ0) is 25.7. The van der Waals surface area contributed by atoms with Crippen LogP contribution < -0.4 is 10.6 Å². The van der Waals surface area contributed by atoms with E-state index >= 15 is 0 Å². The van der Waals surface area contributed by atoms with Crippen LogP contribution in [0.5, 0.6) is 0 Å². The van der Waals surface area contributed by atoms with E-state index in [-0.39, 0.29) is 18.2 Å². The number of hydrogen-bond acceptors (Lipinski definition) is 6. The minimum Gasteiger partial charge on any atom is -0.444 e. The van der Waals surface area contributed by atoms with E-state index in [2.05, 4.69) is 25.9 Å². The Balaban J connectivity index is 1.79. The number of aromatic nitrogens is 4. The van der Waals surface area contributed by atoms with Gasteiger partial charge in [0.2, 0.25) is 5.95 Å². The van der Waals surface area contributed by atoms with E-state index in [1.165, 1.54) is 4.57 Å². The quantitative estimate of drug-likeness (QED) is 0.443. The van der Waals surface area contributed by atoms with Crippen LogP contribution in [0.25, 0.3) is 16.9 Å². The summed E-state index contributed by atoms with van der Waals surface area (Å²) < 4.78 is 9.65. The maximum Gasteiger partial charge on any atom is 0.410 e. The molecule has 1 atom stereocenters. The highest BCUT2D eigenvalue weighted by Crippen LogP contribution is 2.34. The average molecular weight is 566 g/mol. The molecule has 0 saturated carbocycles. The third kappa shape index (κ3) is 5.04. The van der Waals surface area contributed by atoms with E-state index in [0.717, 1.165) is 5.39 Å². The number of piperazine rings is 1. The molecule has 188 valence electrons. The molecule has 2 aromatic heterocycles. The topological polar surface area (TPSA) is 85.5 Å². The first-order valence-corrected chi connectivity index (χ1v) is 12.7. The number of hydrogen-bond donors (Lipinski definition) is 0. The summed E-state index contributed by atoms with van der Waals surface area (Å²) >= 11 is 9.99. The lowest BCUT2D eigenvalue weighted by Gasteiger charge is -2.41. The Bertz CT molecular complexity index is 1330. The van der Waals surface area contributed by atoms with Gasteiger partial charge in [-0.3, -0.25) is 0 Å². The predicted octanol–water partition coefficient (Wildman–Crippen LogP) is 5.02. The number of nitrogens with zero attached hydrogens (tertiary/aromatic N) is 6. The zero-order valence-corrected chi connectivity index (χ0v) is 23.1. The van der Waals surface area contributed by atoms with Gasteiger partial charge < -0.3 is 19.1 Å². The van der Waals surface area contributed by atoms with Gasteiger partial charge >= 0.3 is 11.8 Å². The fourth-order valence-electron chi connectivity index (χ4n) is 4.26. The number of benzene rings is 1. The fourth-order valence-corrected chi connectivity index (χ4v) is 4.76. The average Bonchev–Trinajstić information content (AvgIpc) is 3.23. The lowest BCUT2D eigenvalue weighted by atomic mass is 10.1. The Labute approximate surface area is 217 Å². The van der Waals surface area contributed by atoms with Crippen molar-refractivity contribution in [1.82, 2.24) is 24.0 Å². The molecule has 9 nitrogen and oxygen atoms in total. The summed E-state index contributed by atoms with van der Waals surface area (Å²) in [5, 5.41) is 1.24. The molecule has 1 aromatic carbocycles. The van der Waals surface area contributed by atoms with Gasteiger partial charge in [0.15, 0.2) is 0 Å². The third-order valence-corrected chi connectivity index (χ3v) is 7.07. The second kappa shape index (κ2) is 9.46. The van der Waals surface area contributed by atoms with Crippen molar-refractivity contribution in [2.75, 3.05) is 24.5 Å². The van der Waals surface area contributed by atoms with Crippen LogP contribution in [0.4, 0.5) is 10.6 Å². The largest absolute Gasteiger partial charge is 0.444 e.